The van der Waals surface area contributed by atoms with Crippen LogP contribution < -0.4 is 5.32 Å². The Morgan fingerprint density at radius 1 is 1.11 bits per heavy atom. The minimum atomic E-state index is -0.406. The van der Waals surface area contributed by atoms with Gasteiger partial charge in [-0.05, 0) is 37.6 Å². The van der Waals surface area contributed by atoms with Crippen LogP contribution in [0.4, 0.5) is 0 Å². The molecule has 0 saturated carbocycles. The van der Waals surface area contributed by atoms with Crippen LogP contribution in [-0.4, -0.2) is 23.5 Å². The van der Waals surface area contributed by atoms with Crippen molar-refractivity contribution in [2.24, 2.45) is 0 Å². The topological polar surface area (TPSA) is 71.2 Å². The molecule has 5 nitrogen and oxygen atoms in total. The second kappa shape index (κ2) is 8.67. The summed E-state index contributed by atoms with van der Waals surface area (Å²) in [5.74, 6) is -0.704. The molecule has 28 heavy (non-hydrogen) atoms. The van der Waals surface area contributed by atoms with E-state index in [1.807, 2.05) is 31.2 Å². The predicted molar refractivity (Wildman–Crippen MR) is 111 cm³/mol. The van der Waals surface area contributed by atoms with Crippen LogP contribution in [-0.2, 0) is 16.0 Å². The fourth-order valence-corrected chi connectivity index (χ4v) is 3.76. The van der Waals surface area contributed by atoms with Crippen molar-refractivity contribution in [1.82, 2.24) is 10.3 Å². The molecule has 0 aliphatic carbocycles. The number of amides is 1. The van der Waals surface area contributed by atoms with Crippen molar-refractivity contribution >= 4 is 46.0 Å². The van der Waals surface area contributed by atoms with Gasteiger partial charge in [-0.2, -0.15) is 0 Å². The van der Waals surface area contributed by atoms with E-state index in [0.717, 1.165) is 22.2 Å². The number of aromatic nitrogens is 1. The lowest BCUT2D eigenvalue weighted by Crippen LogP contribution is -2.28. The number of para-hydroxylation sites is 1. The molecule has 146 valence electrons. The Labute approximate surface area is 173 Å². The van der Waals surface area contributed by atoms with Crippen LogP contribution in [0.25, 0.3) is 10.9 Å². The van der Waals surface area contributed by atoms with Crippen molar-refractivity contribution in [2.75, 3.05) is 6.61 Å². The first kappa shape index (κ1) is 20.2. The van der Waals surface area contributed by atoms with Gasteiger partial charge in [0.25, 0.3) is 5.91 Å². The SMILES string of the molecule is CCOC(=O)Cc1c(C(C)NC(=O)c2c(Cl)cccc2Cl)[nH]c2ccccc12. The highest BCUT2D eigenvalue weighted by molar-refractivity contribution is 6.39. The lowest BCUT2D eigenvalue weighted by atomic mass is 10.0. The molecule has 1 aromatic heterocycles. The molecule has 0 aliphatic heterocycles. The van der Waals surface area contributed by atoms with Crippen LogP contribution in [0, 0.1) is 0 Å². The van der Waals surface area contributed by atoms with Crippen LogP contribution in [0.3, 0.4) is 0 Å². The van der Waals surface area contributed by atoms with Crippen molar-refractivity contribution in [1.29, 1.82) is 0 Å². The van der Waals surface area contributed by atoms with E-state index in [1.165, 1.54) is 0 Å². The smallest absolute Gasteiger partial charge is 0.310 e. The van der Waals surface area contributed by atoms with E-state index < -0.39 is 6.04 Å². The lowest BCUT2D eigenvalue weighted by Gasteiger charge is -2.16. The first-order valence-corrected chi connectivity index (χ1v) is 9.68. The van der Waals surface area contributed by atoms with Gasteiger partial charge in [0, 0.05) is 16.6 Å². The molecule has 1 atom stereocenters. The second-order valence-electron chi connectivity index (χ2n) is 6.34. The molecule has 1 unspecified atom stereocenters. The Hall–Kier alpha value is -2.50. The average molecular weight is 419 g/mol. The number of nitrogens with one attached hydrogen (secondary N) is 2. The molecule has 0 radical (unpaired) electrons. The zero-order chi connectivity index (χ0) is 20.3. The number of hydrogen-bond acceptors (Lipinski definition) is 3. The Morgan fingerprint density at radius 2 is 1.79 bits per heavy atom. The van der Waals surface area contributed by atoms with E-state index in [4.69, 9.17) is 27.9 Å². The lowest BCUT2D eigenvalue weighted by molar-refractivity contribution is -0.142. The fraction of sp³-hybridized carbons (Fsp3) is 0.238. The maximum Gasteiger partial charge on any atom is 0.310 e. The van der Waals surface area contributed by atoms with Gasteiger partial charge in [0.05, 0.1) is 34.7 Å². The number of carbonyl (C=O) groups is 2. The molecule has 1 amide bonds. The van der Waals surface area contributed by atoms with Crippen LogP contribution in [0.1, 0.15) is 41.5 Å². The summed E-state index contributed by atoms with van der Waals surface area (Å²) in [5, 5.41) is 4.39. The molecule has 1 heterocycles. The van der Waals surface area contributed by atoms with E-state index in [0.29, 0.717) is 6.61 Å². The Kier molecular flexibility index (Phi) is 6.27. The number of fused-ring (bicyclic) bond motifs is 1. The number of H-pyrrole nitrogens is 1. The Bertz CT molecular complexity index is 1010. The van der Waals surface area contributed by atoms with Crippen LogP contribution >= 0.6 is 23.2 Å². The van der Waals surface area contributed by atoms with E-state index in [9.17, 15) is 9.59 Å². The summed E-state index contributed by atoms with van der Waals surface area (Å²) in [6, 6.07) is 12.2. The first-order chi connectivity index (χ1) is 13.4. The first-order valence-electron chi connectivity index (χ1n) is 8.92. The van der Waals surface area contributed by atoms with Crippen molar-refractivity contribution < 1.29 is 14.3 Å². The van der Waals surface area contributed by atoms with Gasteiger partial charge in [0.1, 0.15) is 0 Å². The molecule has 3 aromatic rings. The number of rotatable bonds is 6. The quantitative estimate of drug-likeness (QED) is 0.548. The van der Waals surface area contributed by atoms with Gasteiger partial charge in [-0.25, -0.2) is 0 Å². The number of halogens is 2. The molecule has 0 bridgehead atoms. The Morgan fingerprint density at radius 3 is 2.46 bits per heavy atom. The van der Waals surface area contributed by atoms with Gasteiger partial charge >= 0.3 is 5.97 Å². The maximum absolute atomic E-state index is 12.7. The van der Waals surface area contributed by atoms with Crippen molar-refractivity contribution in [3.05, 3.63) is 69.3 Å². The monoisotopic (exact) mass is 418 g/mol. The molecule has 7 heteroatoms. The number of carbonyl (C=O) groups excluding carboxylic acids is 2. The van der Waals surface area contributed by atoms with Crippen LogP contribution in [0.15, 0.2) is 42.5 Å². The van der Waals surface area contributed by atoms with Crippen LogP contribution in [0.5, 0.6) is 0 Å². The third-order valence-electron chi connectivity index (χ3n) is 4.44. The van der Waals surface area contributed by atoms with Crippen molar-refractivity contribution in [3.63, 3.8) is 0 Å². The second-order valence-corrected chi connectivity index (χ2v) is 7.15. The summed E-state index contributed by atoms with van der Waals surface area (Å²) < 4.78 is 5.11. The summed E-state index contributed by atoms with van der Waals surface area (Å²) in [6.07, 6.45) is 0.111. The largest absolute Gasteiger partial charge is 0.466 e. The zero-order valence-corrected chi connectivity index (χ0v) is 17.0. The number of ether oxygens (including phenoxy) is 1. The molecule has 0 saturated heterocycles. The van der Waals surface area contributed by atoms with E-state index in [1.54, 1.807) is 25.1 Å². The molecular formula is C21H20Cl2N2O3. The number of hydrogen-bond donors (Lipinski definition) is 2. The Balaban J connectivity index is 1.93. The molecule has 3 rings (SSSR count). The number of aromatic amines is 1. The zero-order valence-electron chi connectivity index (χ0n) is 15.5. The standard InChI is InChI=1S/C21H20Cl2N2O3/c1-3-28-18(26)11-14-13-7-4-5-10-17(13)25-20(14)12(2)24-21(27)19-15(22)8-6-9-16(19)23/h4-10,12,25H,3,11H2,1-2H3,(H,24,27). The summed E-state index contributed by atoms with van der Waals surface area (Å²) >= 11 is 12.3. The summed E-state index contributed by atoms with van der Waals surface area (Å²) in [6.45, 7) is 3.92. The van der Waals surface area contributed by atoms with Gasteiger partial charge in [0.15, 0.2) is 0 Å². The fourth-order valence-electron chi connectivity index (χ4n) is 3.19. The average Bonchev–Trinajstić information content (AvgIpc) is 3.00. The summed E-state index contributed by atoms with van der Waals surface area (Å²) in [4.78, 5) is 28.1. The molecule has 0 aliphatic rings. The minimum absolute atomic E-state index is 0.111. The van der Waals surface area contributed by atoms with Gasteiger partial charge in [0.2, 0.25) is 0 Å². The molecule has 0 spiro atoms. The molecule has 0 fully saturated rings. The third-order valence-corrected chi connectivity index (χ3v) is 5.07. The van der Waals surface area contributed by atoms with Gasteiger partial charge in [-0.1, -0.05) is 47.5 Å². The maximum atomic E-state index is 12.7. The third kappa shape index (κ3) is 4.16. The highest BCUT2D eigenvalue weighted by Crippen LogP contribution is 2.29. The number of benzene rings is 2. The summed E-state index contributed by atoms with van der Waals surface area (Å²) in [5.41, 5.74) is 2.65. The van der Waals surface area contributed by atoms with Gasteiger partial charge in [-0.15, -0.1) is 0 Å². The normalized spacial score (nSPS) is 12.0. The molecular weight excluding hydrogens is 399 g/mol. The molecule has 2 aromatic carbocycles. The van der Waals surface area contributed by atoms with Crippen molar-refractivity contribution in [3.8, 4) is 0 Å². The van der Waals surface area contributed by atoms with Gasteiger partial charge < -0.3 is 15.0 Å². The minimum Gasteiger partial charge on any atom is -0.466 e. The van der Waals surface area contributed by atoms with E-state index >= 15 is 0 Å². The van der Waals surface area contributed by atoms with E-state index in [2.05, 4.69) is 10.3 Å². The highest BCUT2D eigenvalue weighted by atomic mass is 35.5. The predicted octanol–water partition coefficient (Wildman–Crippen LogP) is 5.07. The number of esters is 1. The van der Waals surface area contributed by atoms with Crippen LogP contribution in [0.2, 0.25) is 10.0 Å². The molecule has 2 N–H and O–H groups in total. The highest BCUT2D eigenvalue weighted by Gasteiger charge is 2.23. The van der Waals surface area contributed by atoms with E-state index in [-0.39, 0.29) is 33.9 Å². The van der Waals surface area contributed by atoms with Gasteiger partial charge in [-0.3, -0.25) is 9.59 Å². The summed E-state index contributed by atoms with van der Waals surface area (Å²) in [7, 11) is 0. The van der Waals surface area contributed by atoms with Crippen molar-refractivity contribution in [2.45, 2.75) is 26.3 Å².